The molecule has 0 unspecified atom stereocenters. The smallest absolute Gasteiger partial charge is 0.245 e. The second kappa shape index (κ2) is 8.74. The van der Waals surface area contributed by atoms with Crippen molar-refractivity contribution in [1.82, 2.24) is 25.4 Å². The van der Waals surface area contributed by atoms with Crippen LogP contribution in [-0.4, -0.2) is 44.5 Å². The minimum Gasteiger partial charge on any atom is -0.439 e. The van der Waals surface area contributed by atoms with Crippen molar-refractivity contribution in [3.05, 3.63) is 72.6 Å². The number of carbonyl (C=O) groups is 2. The number of nitrogens with zero attached hydrogens (tertiary/aromatic N) is 3. The normalized spacial score (nSPS) is 15.7. The Labute approximate surface area is 190 Å². The van der Waals surface area contributed by atoms with Crippen molar-refractivity contribution in [2.24, 2.45) is 0 Å². The van der Waals surface area contributed by atoms with Crippen LogP contribution in [-0.2, 0) is 16.1 Å². The van der Waals surface area contributed by atoms with Gasteiger partial charge >= 0.3 is 0 Å². The summed E-state index contributed by atoms with van der Waals surface area (Å²) >= 11 is 0. The SMILES string of the molecule is CC(=O)N[C@H]1CCN(Cc2ccc3cc(Oc4ccc(-c5ccn[nH]5)cn4)ccc3c2)C1=O. The number of amides is 2. The van der Waals surface area contributed by atoms with Crippen molar-refractivity contribution < 1.29 is 14.3 Å². The first-order chi connectivity index (χ1) is 16.0. The van der Waals surface area contributed by atoms with E-state index in [1.54, 1.807) is 17.3 Å². The minimum absolute atomic E-state index is 0.0277. The van der Waals surface area contributed by atoms with Crippen molar-refractivity contribution in [1.29, 1.82) is 0 Å². The molecule has 0 saturated carbocycles. The van der Waals surface area contributed by atoms with Crippen LogP contribution in [0.15, 0.2) is 67.0 Å². The Morgan fingerprint density at radius 1 is 1.15 bits per heavy atom. The van der Waals surface area contributed by atoms with Crippen molar-refractivity contribution in [3.8, 4) is 22.9 Å². The molecule has 2 N–H and O–H groups in total. The van der Waals surface area contributed by atoms with Gasteiger partial charge in [0, 0.05) is 44.0 Å². The second-order valence-electron chi connectivity index (χ2n) is 8.10. The van der Waals surface area contributed by atoms with Crippen LogP contribution in [0, 0.1) is 0 Å². The molecule has 1 atom stereocenters. The van der Waals surface area contributed by atoms with Gasteiger partial charge in [-0.1, -0.05) is 18.2 Å². The first kappa shape index (κ1) is 20.7. The summed E-state index contributed by atoms with van der Waals surface area (Å²) in [5, 5.41) is 11.7. The number of aromatic nitrogens is 3. The molecule has 2 aromatic carbocycles. The maximum Gasteiger partial charge on any atom is 0.245 e. The average molecular weight is 441 g/mol. The lowest BCUT2D eigenvalue weighted by Gasteiger charge is -2.17. The van der Waals surface area contributed by atoms with Crippen molar-refractivity contribution in [3.63, 3.8) is 0 Å². The van der Waals surface area contributed by atoms with Crippen LogP contribution in [0.25, 0.3) is 22.0 Å². The predicted octanol–water partition coefficient (Wildman–Crippen LogP) is 3.65. The van der Waals surface area contributed by atoms with E-state index in [1.807, 2.05) is 48.5 Å². The highest BCUT2D eigenvalue weighted by molar-refractivity contribution is 5.89. The number of ether oxygens (including phenoxy) is 1. The van der Waals surface area contributed by atoms with E-state index in [9.17, 15) is 9.59 Å². The monoisotopic (exact) mass is 441 g/mol. The van der Waals surface area contributed by atoms with E-state index >= 15 is 0 Å². The van der Waals surface area contributed by atoms with Crippen LogP contribution in [0.5, 0.6) is 11.6 Å². The lowest BCUT2D eigenvalue weighted by Crippen LogP contribution is -2.40. The third kappa shape index (κ3) is 4.55. The highest BCUT2D eigenvalue weighted by Gasteiger charge is 2.31. The van der Waals surface area contributed by atoms with Crippen LogP contribution in [0.1, 0.15) is 18.9 Å². The van der Waals surface area contributed by atoms with E-state index in [4.69, 9.17) is 4.74 Å². The van der Waals surface area contributed by atoms with Crippen molar-refractivity contribution >= 4 is 22.6 Å². The molecular weight excluding hydrogens is 418 g/mol. The van der Waals surface area contributed by atoms with Gasteiger partial charge in [0.1, 0.15) is 11.8 Å². The summed E-state index contributed by atoms with van der Waals surface area (Å²) in [5.74, 6) is 1.00. The van der Waals surface area contributed by atoms with Crippen LogP contribution in [0.4, 0.5) is 0 Å². The standard InChI is InChI=1S/C25H23N5O3/c1-16(31)28-23-9-11-30(25(23)32)15-17-2-3-19-13-21(6-4-18(19)12-17)33-24-7-5-20(14-26-24)22-8-10-27-29-22/h2-8,10,12-14,23H,9,11,15H2,1H3,(H,27,29)(H,28,31)/t23-/m0/s1. The molecule has 4 aromatic rings. The largest absolute Gasteiger partial charge is 0.439 e. The number of hydrogen-bond donors (Lipinski definition) is 2. The summed E-state index contributed by atoms with van der Waals surface area (Å²) in [7, 11) is 0. The molecule has 1 saturated heterocycles. The fraction of sp³-hybridized carbons (Fsp3) is 0.200. The molecule has 166 valence electrons. The molecule has 8 nitrogen and oxygen atoms in total. The maximum absolute atomic E-state index is 12.5. The van der Waals surface area contributed by atoms with Crippen molar-refractivity contribution in [2.75, 3.05) is 6.54 Å². The summed E-state index contributed by atoms with van der Waals surface area (Å²) in [6.07, 6.45) is 4.09. The number of pyridine rings is 1. The van der Waals surface area contributed by atoms with Gasteiger partial charge < -0.3 is 15.0 Å². The number of carbonyl (C=O) groups excluding carboxylic acids is 2. The lowest BCUT2D eigenvalue weighted by molar-refractivity contribution is -0.132. The highest BCUT2D eigenvalue weighted by atomic mass is 16.5. The molecule has 33 heavy (non-hydrogen) atoms. The third-order valence-electron chi connectivity index (χ3n) is 5.70. The summed E-state index contributed by atoms with van der Waals surface area (Å²) in [6, 6.07) is 17.2. The number of H-pyrrole nitrogens is 1. The zero-order valence-electron chi connectivity index (χ0n) is 18.1. The number of nitrogens with one attached hydrogen (secondary N) is 2. The van der Waals surface area contributed by atoms with Gasteiger partial charge in [-0.15, -0.1) is 0 Å². The Morgan fingerprint density at radius 2 is 2.00 bits per heavy atom. The van der Waals surface area contributed by atoms with E-state index in [2.05, 4.69) is 26.6 Å². The predicted molar refractivity (Wildman–Crippen MR) is 123 cm³/mol. The van der Waals surface area contributed by atoms with E-state index in [0.717, 1.165) is 27.6 Å². The van der Waals surface area contributed by atoms with E-state index in [0.29, 0.717) is 31.1 Å². The molecule has 0 radical (unpaired) electrons. The minimum atomic E-state index is -0.412. The number of fused-ring (bicyclic) bond motifs is 1. The van der Waals surface area contributed by atoms with Crippen LogP contribution < -0.4 is 10.1 Å². The lowest BCUT2D eigenvalue weighted by atomic mass is 10.1. The van der Waals surface area contributed by atoms with Gasteiger partial charge in [0.2, 0.25) is 17.7 Å². The summed E-state index contributed by atoms with van der Waals surface area (Å²) < 4.78 is 5.93. The third-order valence-corrected chi connectivity index (χ3v) is 5.70. The Balaban J connectivity index is 1.26. The fourth-order valence-corrected chi connectivity index (χ4v) is 4.07. The highest BCUT2D eigenvalue weighted by Crippen LogP contribution is 2.27. The zero-order valence-corrected chi connectivity index (χ0v) is 18.1. The van der Waals surface area contributed by atoms with Gasteiger partial charge in [-0.05, 0) is 53.1 Å². The Bertz CT molecular complexity index is 1300. The number of aromatic amines is 1. The maximum atomic E-state index is 12.5. The van der Waals surface area contributed by atoms with E-state index < -0.39 is 6.04 Å². The zero-order chi connectivity index (χ0) is 22.8. The molecule has 8 heteroatoms. The number of benzene rings is 2. The van der Waals surface area contributed by atoms with Gasteiger partial charge in [0.05, 0.1) is 5.69 Å². The molecule has 2 amide bonds. The molecule has 1 fully saturated rings. The van der Waals surface area contributed by atoms with Gasteiger partial charge in [0.25, 0.3) is 0 Å². The van der Waals surface area contributed by atoms with Gasteiger partial charge in [-0.2, -0.15) is 5.10 Å². The van der Waals surface area contributed by atoms with Crippen LogP contribution >= 0.6 is 0 Å². The first-order valence-corrected chi connectivity index (χ1v) is 10.8. The van der Waals surface area contributed by atoms with Crippen molar-refractivity contribution in [2.45, 2.75) is 25.9 Å². The molecule has 1 aliphatic rings. The molecule has 2 aromatic heterocycles. The van der Waals surface area contributed by atoms with Gasteiger partial charge in [0.15, 0.2) is 0 Å². The van der Waals surface area contributed by atoms with Gasteiger partial charge in [-0.25, -0.2) is 4.98 Å². The number of rotatable bonds is 6. The molecule has 0 spiro atoms. The van der Waals surface area contributed by atoms with Gasteiger partial charge in [-0.3, -0.25) is 14.7 Å². The number of likely N-dealkylation sites (tertiary alicyclic amines) is 1. The molecule has 0 aliphatic carbocycles. The molecule has 3 heterocycles. The fourth-order valence-electron chi connectivity index (χ4n) is 4.07. The summed E-state index contributed by atoms with van der Waals surface area (Å²) in [6.45, 7) is 2.60. The summed E-state index contributed by atoms with van der Waals surface area (Å²) in [5.41, 5.74) is 2.88. The molecule has 5 rings (SSSR count). The Morgan fingerprint density at radius 3 is 2.76 bits per heavy atom. The topological polar surface area (TPSA) is 100 Å². The van der Waals surface area contributed by atoms with E-state index in [1.165, 1.54) is 6.92 Å². The number of hydrogen-bond acceptors (Lipinski definition) is 5. The molecule has 0 bridgehead atoms. The van der Waals surface area contributed by atoms with Crippen LogP contribution in [0.2, 0.25) is 0 Å². The van der Waals surface area contributed by atoms with E-state index in [-0.39, 0.29) is 11.8 Å². The van der Waals surface area contributed by atoms with Crippen LogP contribution in [0.3, 0.4) is 0 Å². The quantitative estimate of drug-likeness (QED) is 0.476. The Kier molecular flexibility index (Phi) is 5.48. The Hall–Kier alpha value is -4.20. The first-order valence-electron chi connectivity index (χ1n) is 10.8. The average Bonchev–Trinajstić information content (AvgIpc) is 3.46. The second-order valence-corrected chi connectivity index (χ2v) is 8.10. The molecule has 1 aliphatic heterocycles. The summed E-state index contributed by atoms with van der Waals surface area (Å²) in [4.78, 5) is 29.9. The molecular formula is C25H23N5O3.